The Morgan fingerprint density at radius 3 is 2.95 bits per heavy atom. The first kappa shape index (κ1) is 16.0. The summed E-state index contributed by atoms with van der Waals surface area (Å²) in [5.74, 6) is 0.765. The van der Waals surface area contributed by atoms with E-state index in [-0.39, 0.29) is 0 Å². The van der Waals surface area contributed by atoms with Crippen LogP contribution in [-0.4, -0.2) is 30.6 Å². The molecular weight excluding hydrogens is 264 g/mol. The summed E-state index contributed by atoms with van der Waals surface area (Å²) < 4.78 is 0. The molecule has 1 saturated heterocycles. The zero-order valence-corrected chi connectivity index (χ0v) is 14.1. The summed E-state index contributed by atoms with van der Waals surface area (Å²) in [7, 11) is 0. The molecule has 1 aromatic rings. The Hall–Kier alpha value is -0.380. The van der Waals surface area contributed by atoms with E-state index in [4.69, 9.17) is 0 Å². The Labute approximate surface area is 128 Å². The van der Waals surface area contributed by atoms with Crippen LogP contribution in [0.5, 0.6) is 0 Å². The summed E-state index contributed by atoms with van der Waals surface area (Å²) in [6.07, 6.45) is 5.09. The van der Waals surface area contributed by atoms with Crippen LogP contribution in [0.25, 0.3) is 0 Å². The average molecular weight is 295 g/mol. The Balaban J connectivity index is 2.10. The van der Waals surface area contributed by atoms with Crippen LogP contribution >= 0.6 is 11.3 Å². The first-order chi connectivity index (χ1) is 9.76. The highest BCUT2D eigenvalue weighted by Crippen LogP contribution is 2.30. The maximum absolute atomic E-state index is 3.77. The van der Waals surface area contributed by atoms with E-state index in [2.05, 4.69) is 48.5 Å². The molecule has 0 radical (unpaired) electrons. The van der Waals surface area contributed by atoms with Crippen molar-refractivity contribution in [2.45, 2.75) is 58.5 Å². The summed E-state index contributed by atoms with van der Waals surface area (Å²) in [6.45, 7) is 10.6. The van der Waals surface area contributed by atoms with Gasteiger partial charge in [0.1, 0.15) is 0 Å². The summed E-state index contributed by atoms with van der Waals surface area (Å²) in [5, 5.41) is 5.99. The standard InChI is InChI=1S/C17H30N2S/c1-4-8-16(17-9-6-12-20-17)19-11-7-10-18-15(13-19)14(3)5-2/h6,9,12,14-16,18H,4-5,7-8,10-11,13H2,1-3H3. The fourth-order valence-electron chi connectivity index (χ4n) is 3.19. The van der Waals surface area contributed by atoms with E-state index in [1.165, 1.54) is 45.3 Å². The number of rotatable bonds is 6. The van der Waals surface area contributed by atoms with Gasteiger partial charge in [-0.2, -0.15) is 0 Å². The summed E-state index contributed by atoms with van der Waals surface area (Å²) in [6, 6.07) is 5.81. The number of hydrogen-bond acceptors (Lipinski definition) is 3. The summed E-state index contributed by atoms with van der Waals surface area (Å²) in [5.41, 5.74) is 0. The number of hydrogen-bond donors (Lipinski definition) is 1. The third-order valence-corrected chi connectivity index (χ3v) is 5.64. The van der Waals surface area contributed by atoms with E-state index in [9.17, 15) is 0 Å². The third kappa shape index (κ3) is 4.06. The third-order valence-electron chi connectivity index (χ3n) is 4.67. The maximum atomic E-state index is 3.77. The monoisotopic (exact) mass is 294 g/mol. The molecule has 20 heavy (non-hydrogen) atoms. The van der Waals surface area contributed by atoms with E-state index in [0.717, 1.165) is 5.92 Å². The van der Waals surface area contributed by atoms with E-state index < -0.39 is 0 Å². The molecule has 2 rings (SSSR count). The van der Waals surface area contributed by atoms with Crippen molar-refractivity contribution in [3.63, 3.8) is 0 Å². The molecule has 0 amide bonds. The van der Waals surface area contributed by atoms with E-state index in [1.807, 2.05) is 11.3 Å². The van der Waals surface area contributed by atoms with Crippen molar-refractivity contribution < 1.29 is 0 Å². The minimum Gasteiger partial charge on any atom is -0.312 e. The molecule has 0 aromatic carbocycles. The fourth-order valence-corrected chi connectivity index (χ4v) is 4.08. The van der Waals surface area contributed by atoms with Gasteiger partial charge in [-0.15, -0.1) is 11.3 Å². The smallest absolute Gasteiger partial charge is 0.0442 e. The molecule has 0 bridgehead atoms. The molecule has 1 fully saturated rings. The van der Waals surface area contributed by atoms with Crippen molar-refractivity contribution >= 4 is 11.3 Å². The van der Waals surface area contributed by atoms with Crippen LogP contribution in [0.1, 0.15) is 57.4 Å². The largest absolute Gasteiger partial charge is 0.312 e. The zero-order chi connectivity index (χ0) is 14.4. The Bertz CT molecular complexity index is 363. The summed E-state index contributed by atoms with van der Waals surface area (Å²) in [4.78, 5) is 4.29. The Kier molecular flexibility index (Phi) is 6.53. The molecule has 3 atom stereocenters. The minimum absolute atomic E-state index is 0.631. The highest BCUT2D eigenvalue weighted by Gasteiger charge is 2.27. The van der Waals surface area contributed by atoms with Gasteiger partial charge in [-0.1, -0.05) is 39.7 Å². The molecule has 1 N–H and O–H groups in total. The first-order valence-electron chi connectivity index (χ1n) is 8.27. The van der Waals surface area contributed by atoms with E-state index in [1.54, 1.807) is 4.88 Å². The van der Waals surface area contributed by atoms with Crippen molar-refractivity contribution in [3.8, 4) is 0 Å². The van der Waals surface area contributed by atoms with Crippen LogP contribution in [0, 0.1) is 5.92 Å². The number of nitrogens with one attached hydrogen (secondary N) is 1. The van der Waals surface area contributed by atoms with Gasteiger partial charge in [-0.25, -0.2) is 0 Å². The lowest BCUT2D eigenvalue weighted by Gasteiger charge is -2.33. The molecule has 114 valence electrons. The normalized spacial score (nSPS) is 24.2. The predicted octanol–water partition coefficient (Wildman–Crippen LogP) is 4.30. The lowest BCUT2D eigenvalue weighted by Crippen LogP contribution is -2.43. The maximum Gasteiger partial charge on any atom is 0.0442 e. The minimum atomic E-state index is 0.631. The highest BCUT2D eigenvalue weighted by molar-refractivity contribution is 7.10. The van der Waals surface area contributed by atoms with Crippen molar-refractivity contribution in [3.05, 3.63) is 22.4 Å². The second kappa shape index (κ2) is 8.16. The van der Waals surface area contributed by atoms with Crippen molar-refractivity contribution in [2.24, 2.45) is 5.92 Å². The second-order valence-corrected chi connectivity index (χ2v) is 7.09. The Morgan fingerprint density at radius 1 is 1.45 bits per heavy atom. The molecule has 2 heterocycles. The number of thiophene rings is 1. The molecule has 0 spiro atoms. The molecule has 3 heteroatoms. The second-order valence-electron chi connectivity index (χ2n) is 6.11. The molecular formula is C17H30N2S. The topological polar surface area (TPSA) is 15.3 Å². The van der Waals surface area contributed by atoms with Crippen LogP contribution < -0.4 is 5.32 Å². The zero-order valence-electron chi connectivity index (χ0n) is 13.3. The molecule has 0 saturated carbocycles. The average Bonchev–Trinajstić information content (AvgIpc) is 2.88. The predicted molar refractivity (Wildman–Crippen MR) is 89.4 cm³/mol. The lowest BCUT2D eigenvalue weighted by molar-refractivity contribution is 0.170. The summed E-state index contributed by atoms with van der Waals surface area (Å²) >= 11 is 1.92. The quantitative estimate of drug-likeness (QED) is 0.841. The molecule has 0 aliphatic carbocycles. The van der Waals surface area contributed by atoms with Crippen LogP contribution in [0.3, 0.4) is 0 Å². The van der Waals surface area contributed by atoms with Crippen molar-refractivity contribution in [1.82, 2.24) is 10.2 Å². The van der Waals surface area contributed by atoms with Gasteiger partial charge >= 0.3 is 0 Å². The van der Waals surface area contributed by atoms with Gasteiger partial charge in [0.25, 0.3) is 0 Å². The number of nitrogens with zero attached hydrogens (tertiary/aromatic N) is 1. The molecule has 1 aliphatic rings. The highest BCUT2D eigenvalue weighted by atomic mass is 32.1. The van der Waals surface area contributed by atoms with Crippen molar-refractivity contribution in [2.75, 3.05) is 19.6 Å². The van der Waals surface area contributed by atoms with Crippen LogP contribution in [0.15, 0.2) is 17.5 Å². The first-order valence-corrected chi connectivity index (χ1v) is 9.15. The van der Waals surface area contributed by atoms with Gasteiger partial charge in [-0.05, 0) is 36.8 Å². The van der Waals surface area contributed by atoms with Crippen LogP contribution in [0.4, 0.5) is 0 Å². The lowest BCUT2D eigenvalue weighted by atomic mass is 9.98. The van der Waals surface area contributed by atoms with Gasteiger partial charge < -0.3 is 5.32 Å². The fraction of sp³-hybridized carbons (Fsp3) is 0.765. The Morgan fingerprint density at radius 2 is 2.30 bits per heavy atom. The molecule has 3 unspecified atom stereocenters. The van der Waals surface area contributed by atoms with Gasteiger partial charge in [-0.3, -0.25) is 4.90 Å². The van der Waals surface area contributed by atoms with Gasteiger partial charge in [0.05, 0.1) is 0 Å². The van der Waals surface area contributed by atoms with Gasteiger partial charge in [0.2, 0.25) is 0 Å². The van der Waals surface area contributed by atoms with Crippen LogP contribution in [-0.2, 0) is 0 Å². The van der Waals surface area contributed by atoms with Crippen molar-refractivity contribution in [1.29, 1.82) is 0 Å². The molecule has 1 aliphatic heterocycles. The van der Waals surface area contributed by atoms with Gasteiger partial charge in [0.15, 0.2) is 0 Å². The SMILES string of the molecule is CCCC(c1cccs1)N1CCCNC(C(C)CC)C1. The van der Waals surface area contributed by atoms with Crippen LogP contribution in [0.2, 0.25) is 0 Å². The van der Waals surface area contributed by atoms with E-state index in [0.29, 0.717) is 12.1 Å². The molecule has 2 nitrogen and oxygen atoms in total. The molecule has 1 aromatic heterocycles. The van der Waals surface area contributed by atoms with E-state index >= 15 is 0 Å². The van der Waals surface area contributed by atoms with Gasteiger partial charge in [0, 0.05) is 30.1 Å².